The molecule has 10 heteroatoms. The van der Waals surface area contributed by atoms with E-state index in [4.69, 9.17) is 9.47 Å². The monoisotopic (exact) mass is 633 g/mol. The van der Waals surface area contributed by atoms with E-state index in [-0.39, 0.29) is 30.3 Å². The second kappa shape index (κ2) is 14.0. The number of carbonyl (C=O) groups excluding carboxylic acids is 3. The predicted octanol–water partition coefficient (Wildman–Crippen LogP) is 5.14. The number of fused-ring (bicyclic) bond motifs is 1. The standard InChI is InChI=1S/C37H39N5O5/c1-25(26-8-5-4-6-9-26)40-20-22-41(23-21-40)31-11-7-10-29-34(31)37(45)42(36(29)44)30(28-12-13-32(46-2)33(24-28)47-3)16-19-39-35(43)27-14-17-38-18-15-27/h4-15,17-18,24-25,30H,16,19-23H2,1-3H3,(H,39,43). The van der Waals surface area contributed by atoms with Crippen molar-refractivity contribution >= 4 is 23.4 Å². The van der Waals surface area contributed by atoms with Crippen molar-refractivity contribution in [2.24, 2.45) is 0 Å². The van der Waals surface area contributed by atoms with Crippen LogP contribution >= 0.6 is 0 Å². The van der Waals surface area contributed by atoms with Crippen LogP contribution in [0, 0.1) is 0 Å². The lowest BCUT2D eigenvalue weighted by molar-refractivity contribution is 0.0574. The van der Waals surface area contributed by atoms with Gasteiger partial charge in [-0.2, -0.15) is 0 Å². The number of pyridine rings is 1. The van der Waals surface area contributed by atoms with E-state index in [0.717, 1.165) is 31.9 Å². The Kier molecular flexibility index (Phi) is 9.49. The van der Waals surface area contributed by atoms with Crippen LogP contribution in [0.1, 0.15) is 67.6 Å². The molecule has 0 aliphatic carbocycles. The topological polar surface area (TPSA) is 104 Å². The molecule has 242 valence electrons. The highest BCUT2D eigenvalue weighted by molar-refractivity contribution is 6.24. The lowest BCUT2D eigenvalue weighted by atomic mass is 10.0. The fraction of sp³-hybridized carbons (Fsp3) is 0.297. The number of rotatable bonds is 11. The number of benzene rings is 3. The van der Waals surface area contributed by atoms with Gasteiger partial charge in [-0.25, -0.2) is 0 Å². The molecule has 0 spiro atoms. The van der Waals surface area contributed by atoms with E-state index in [0.29, 0.717) is 40.2 Å². The Morgan fingerprint density at radius 1 is 0.830 bits per heavy atom. The molecule has 47 heavy (non-hydrogen) atoms. The molecule has 3 aromatic carbocycles. The average molecular weight is 634 g/mol. The number of nitrogens with one attached hydrogen (secondary N) is 1. The van der Waals surface area contributed by atoms with Crippen molar-refractivity contribution < 1.29 is 23.9 Å². The highest BCUT2D eigenvalue weighted by atomic mass is 16.5. The second-order valence-electron chi connectivity index (χ2n) is 11.7. The van der Waals surface area contributed by atoms with Gasteiger partial charge in [0.25, 0.3) is 17.7 Å². The van der Waals surface area contributed by atoms with Gasteiger partial charge in [-0.3, -0.25) is 29.2 Å². The molecule has 1 saturated heterocycles. The van der Waals surface area contributed by atoms with Crippen LogP contribution in [0.15, 0.2) is 91.3 Å². The molecule has 2 aliphatic rings. The van der Waals surface area contributed by atoms with Crippen LogP contribution < -0.4 is 19.7 Å². The lowest BCUT2D eigenvalue weighted by Gasteiger charge is -2.39. The first-order valence-corrected chi connectivity index (χ1v) is 15.9. The van der Waals surface area contributed by atoms with E-state index in [2.05, 4.69) is 51.3 Å². The molecular weight excluding hydrogens is 594 g/mol. The van der Waals surface area contributed by atoms with Crippen molar-refractivity contribution in [2.75, 3.05) is 51.8 Å². The summed E-state index contributed by atoms with van der Waals surface area (Å²) in [5, 5.41) is 2.93. The Balaban J connectivity index is 1.25. The van der Waals surface area contributed by atoms with Crippen molar-refractivity contribution in [3.05, 3.63) is 119 Å². The lowest BCUT2D eigenvalue weighted by Crippen LogP contribution is -2.47. The summed E-state index contributed by atoms with van der Waals surface area (Å²) in [5.74, 6) is 0.0512. The molecule has 0 radical (unpaired) electrons. The Labute approximate surface area is 274 Å². The normalized spacial score (nSPS) is 16.1. The highest BCUT2D eigenvalue weighted by Crippen LogP contribution is 2.40. The van der Waals surface area contributed by atoms with Crippen LogP contribution in [0.5, 0.6) is 11.5 Å². The van der Waals surface area contributed by atoms with E-state index in [1.165, 1.54) is 10.5 Å². The third kappa shape index (κ3) is 6.41. The molecule has 1 fully saturated rings. The molecule has 1 N–H and O–H groups in total. The van der Waals surface area contributed by atoms with E-state index < -0.39 is 6.04 Å². The van der Waals surface area contributed by atoms with Gasteiger partial charge >= 0.3 is 0 Å². The molecule has 3 amide bonds. The number of methoxy groups -OCH3 is 2. The van der Waals surface area contributed by atoms with Crippen LogP contribution in [0.3, 0.4) is 0 Å². The average Bonchev–Trinajstić information content (AvgIpc) is 3.39. The third-order valence-electron chi connectivity index (χ3n) is 9.16. The molecule has 3 heterocycles. The molecule has 2 unspecified atom stereocenters. The van der Waals surface area contributed by atoms with Crippen LogP contribution in [0.2, 0.25) is 0 Å². The fourth-order valence-electron chi connectivity index (χ4n) is 6.56. The summed E-state index contributed by atoms with van der Waals surface area (Å²) in [6, 6.07) is 24.2. The van der Waals surface area contributed by atoms with E-state index in [9.17, 15) is 14.4 Å². The predicted molar refractivity (Wildman–Crippen MR) is 179 cm³/mol. The molecule has 10 nitrogen and oxygen atoms in total. The van der Waals surface area contributed by atoms with E-state index >= 15 is 0 Å². The molecule has 4 aromatic rings. The number of carbonyl (C=O) groups is 3. The Morgan fingerprint density at radius 2 is 1.55 bits per heavy atom. The summed E-state index contributed by atoms with van der Waals surface area (Å²) < 4.78 is 11.0. The van der Waals surface area contributed by atoms with Crippen LogP contribution in [-0.2, 0) is 0 Å². The number of hydrogen-bond donors (Lipinski definition) is 1. The smallest absolute Gasteiger partial charge is 0.264 e. The molecule has 6 rings (SSSR count). The summed E-state index contributed by atoms with van der Waals surface area (Å²) in [6.45, 7) is 5.57. The van der Waals surface area contributed by atoms with Crippen molar-refractivity contribution in [1.82, 2.24) is 20.1 Å². The van der Waals surface area contributed by atoms with Gasteiger partial charge in [-0.15, -0.1) is 0 Å². The van der Waals surface area contributed by atoms with Gasteiger partial charge in [-0.05, 0) is 60.9 Å². The van der Waals surface area contributed by atoms with Gasteiger partial charge in [0.05, 0.1) is 37.1 Å². The Hall–Kier alpha value is -5.22. The largest absolute Gasteiger partial charge is 0.493 e. The fourth-order valence-corrected chi connectivity index (χ4v) is 6.56. The summed E-state index contributed by atoms with van der Waals surface area (Å²) >= 11 is 0. The first-order valence-electron chi connectivity index (χ1n) is 15.9. The van der Waals surface area contributed by atoms with Crippen molar-refractivity contribution in [3.63, 3.8) is 0 Å². The quantitative estimate of drug-likeness (QED) is 0.227. The van der Waals surface area contributed by atoms with Crippen molar-refractivity contribution in [2.45, 2.75) is 25.4 Å². The maximum absolute atomic E-state index is 14.4. The van der Waals surface area contributed by atoms with E-state index in [1.807, 2.05) is 24.3 Å². The SMILES string of the molecule is COc1ccc(C(CCNC(=O)c2ccncc2)N2C(=O)c3cccc(N4CCN(C(C)c5ccccc5)CC4)c3C2=O)cc1OC. The Morgan fingerprint density at radius 3 is 2.26 bits per heavy atom. The summed E-state index contributed by atoms with van der Waals surface area (Å²) in [5.41, 5.74) is 4.03. The van der Waals surface area contributed by atoms with Gasteiger partial charge in [0.2, 0.25) is 0 Å². The van der Waals surface area contributed by atoms with Gasteiger partial charge < -0.3 is 19.7 Å². The zero-order valence-corrected chi connectivity index (χ0v) is 26.9. The number of nitrogens with zero attached hydrogens (tertiary/aromatic N) is 4. The maximum Gasteiger partial charge on any atom is 0.264 e. The highest BCUT2D eigenvalue weighted by Gasteiger charge is 2.43. The minimum atomic E-state index is -0.670. The number of amides is 3. The zero-order valence-electron chi connectivity index (χ0n) is 26.9. The van der Waals surface area contributed by atoms with Gasteiger partial charge in [-0.1, -0.05) is 42.5 Å². The molecular formula is C37H39N5O5. The molecule has 1 aromatic heterocycles. The summed E-state index contributed by atoms with van der Waals surface area (Å²) in [4.78, 5) is 51.2. The number of piperazine rings is 1. The number of hydrogen-bond acceptors (Lipinski definition) is 8. The maximum atomic E-state index is 14.4. The Bertz CT molecular complexity index is 1740. The summed E-state index contributed by atoms with van der Waals surface area (Å²) in [7, 11) is 3.09. The van der Waals surface area contributed by atoms with Crippen LogP contribution in [0.25, 0.3) is 0 Å². The minimum Gasteiger partial charge on any atom is -0.493 e. The third-order valence-corrected chi connectivity index (χ3v) is 9.16. The molecule has 2 aliphatic heterocycles. The van der Waals surface area contributed by atoms with Crippen LogP contribution in [-0.4, -0.2) is 79.4 Å². The molecule has 0 bridgehead atoms. The van der Waals surface area contributed by atoms with Crippen molar-refractivity contribution in [1.29, 1.82) is 0 Å². The van der Waals surface area contributed by atoms with Crippen molar-refractivity contribution in [3.8, 4) is 11.5 Å². The zero-order chi connectivity index (χ0) is 32.9. The van der Waals surface area contributed by atoms with E-state index in [1.54, 1.807) is 56.9 Å². The molecule has 0 saturated carbocycles. The van der Waals surface area contributed by atoms with Gasteiger partial charge in [0.1, 0.15) is 0 Å². The second-order valence-corrected chi connectivity index (χ2v) is 11.7. The number of anilines is 1. The molecule has 2 atom stereocenters. The minimum absolute atomic E-state index is 0.224. The van der Waals surface area contributed by atoms with Gasteiger partial charge in [0, 0.05) is 56.7 Å². The summed E-state index contributed by atoms with van der Waals surface area (Å²) in [6.07, 6.45) is 3.41. The van der Waals surface area contributed by atoms with Gasteiger partial charge in [0.15, 0.2) is 11.5 Å². The number of imide groups is 1. The number of aromatic nitrogens is 1. The first kappa shape index (κ1) is 31.7. The number of ether oxygens (including phenoxy) is 2. The first-order chi connectivity index (χ1) is 22.9. The van der Waals surface area contributed by atoms with Crippen LogP contribution in [0.4, 0.5) is 5.69 Å².